The van der Waals surface area contributed by atoms with Crippen molar-refractivity contribution in [2.24, 2.45) is 0 Å². The maximum absolute atomic E-state index is 13.0. The topological polar surface area (TPSA) is 57.6 Å². The van der Waals surface area contributed by atoms with Gasteiger partial charge in [0, 0.05) is 12.8 Å². The van der Waals surface area contributed by atoms with E-state index in [0.29, 0.717) is 0 Å². The number of aliphatic carboxylic acids is 1. The average molecular weight is 205 g/mol. The van der Waals surface area contributed by atoms with Gasteiger partial charge in [0.2, 0.25) is 5.91 Å². The number of carboxylic acids is 1. The first-order valence-corrected chi connectivity index (χ1v) is 4.29. The van der Waals surface area contributed by atoms with Gasteiger partial charge in [0.05, 0.1) is 6.54 Å². The number of halogens is 2. The van der Waals surface area contributed by atoms with Crippen molar-refractivity contribution in [2.45, 2.75) is 30.7 Å². The van der Waals surface area contributed by atoms with E-state index in [9.17, 15) is 18.4 Å². The lowest BCUT2D eigenvalue weighted by molar-refractivity contribution is -0.151. The summed E-state index contributed by atoms with van der Waals surface area (Å²) in [4.78, 5) is 22.9. The molecule has 4 nitrogen and oxygen atoms in total. The third-order valence-electron chi connectivity index (χ3n) is 2.91. The SMILES string of the molecule is O=C1CC[C@]2(C(=O)O)CC(F)(F)CN12. The summed E-state index contributed by atoms with van der Waals surface area (Å²) in [6, 6.07) is 0. The Morgan fingerprint density at radius 1 is 1.50 bits per heavy atom. The van der Waals surface area contributed by atoms with Crippen molar-refractivity contribution < 1.29 is 23.5 Å². The Hall–Kier alpha value is -1.20. The molecule has 0 aromatic heterocycles. The summed E-state index contributed by atoms with van der Waals surface area (Å²) in [5, 5.41) is 8.90. The number of amides is 1. The summed E-state index contributed by atoms with van der Waals surface area (Å²) >= 11 is 0. The van der Waals surface area contributed by atoms with E-state index in [0.717, 1.165) is 4.90 Å². The predicted octanol–water partition coefficient (Wildman–Crippen LogP) is 0.471. The molecular formula is C8H9F2NO3. The van der Waals surface area contributed by atoms with Gasteiger partial charge in [0.25, 0.3) is 5.92 Å². The highest BCUT2D eigenvalue weighted by molar-refractivity contribution is 5.91. The summed E-state index contributed by atoms with van der Waals surface area (Å²) in [6.45, 7) is -0.752. The number of carboxylic acid groups (broad SMARTS) is 1. The number of carbonyl (C=O) groups excluding carboxylic acids is 1. The molecule has 14 heavy (non-hydrogen) atoms. The molecule has 1 amide bonds. The average Bonchev–Trinajstić information content (AvgIpc) is 2.47. The first-order valence-electron chi connectivity index (χ1n) is 4.29. The van der Waals surface area contributed by atoms with E-state index >= 15 is 0 Å². The molecule has 0 aromatic carbocycles. The van der Waals surface area contributed by atoms with Gasteiger partial charge in [-0.2, -0.15) is 0 Å². The van der Waals surface area contributed by atoms with Gasteiger partial charge >= 0.3 is 5.97 Å². The Morgan fingerprint density at radius 2 is 2.14 bits per heavy atom. The van der Waals surface area contributed by atoms with Crippen LogP contribution in [0.15, 0.2) is 0 Å². The molecule has 1 N–H and O–H groups in total. The van der Waals surface area contributed by atoms with Crippen LogP contribution in [-0.4, -0.2) is 39.9 Å². The van der Waals surface area contributed by atoms with Gasteiger partial charge in [-0.25, -0.2) is 13.6 Å². The Kier molecular flexibility index (Phi) is 1.62. The lowest BCUT2D eigenvalue weighted by atomic mass is 9.93. The van der Waals surface area contributed by atoms with E-state index in [1.165, 1.54) is 0 Å². The van der Waals surface area contributed by atoms with E-state index in [1.54, 1.807) is 0 Å². The zero-order valence-electron chi connectivity index (χ0n) is 7.30. The third-order valence-corrected chi connectivity index (χ3v) is 2.91. The fraction of sp³-hybridized carbons (Fsp3) is 0.750. The van der Waals surface area contributed by atoms with Gasteiger partial charge in [0.15, 0.2) is 0 Å². The van der Waals surface area contributed by atoms with Gasteiger partial charge in [-0.1, -0.05) is 0 Å². The number of alkyl halides is 2. The zero-order valence-corrected chi connectivity index (χ0v) is 7.30. The van der Waals surface area contributed by atoms with E-state index < -0.39 is 36.3 Å². The van der Waals surface area contributed by atoms with Crippen molar-refractivity contribution in [1.82, 2.24) is 4.90 Å². The van der Waals surface area contributed by atoms with Crippen LogP contribution in [0.2, 0.25) is 0 Å². The van der Waals surface area contributed by atoms with Crippen LogP contribution in [0.3, 0.4) is 0 Å². The molecule has 0 aliphatic carbocycles. The van der Waals surface area contributed by atoms with Gasteiger partial charge < -0.3 is 10.0 Å². The smallest absolute Gasteiger partial charge is 0.329 e. The minimum Gasteiger partial charge on any atom is -0.479 e. The van der Waals surface area contributed by atoms with Crippen LogP contribution in [-0.2, 0) is 9.59 Å². The molecule has 6 heteroatoms. The lowest BCUT2D eigenvalue weighted by Gasteiger charge is -2.25. The van der Waals surface area contributed by atoms with Crippen LogP contribution in [0, 0.1) is 0 Å². The van der Waals surface area contributed by atoms with E-state index in [4.69, 9.17) is 5.11 Å². The minimum atomic E-state index is -3.06. The van der Waals surface area contributed by atoms with Crippen LogP contribution >= 0.6 is 0 Å². The van der Waals surface area contributed by atoms with Crippen molar-refractivity contribution in [3.05, 3.63) is 0 Å². The number of nitrogens with zero attached hydrogens (tertiary/aromatic N) is 1. The molecule has 0 saturated carbocycles. The predicted molar refractivity (Wildman–Crippen MR) is 40.9 cm³/mol. The molecule has 2 heterocycles. The molecule has 2 aliphatic rings. The summed E-state index contributed by atoms with van der Waals surface area (Å²) < 4.78 is 26.0. The summed E-state index contributed by atoms with van der Waals surface area (Å²) in [7, 11) is 0. The van der Waals surface area contributed by atoms with Gasteiger partial charge in [-0.15, -0.1) is 0 Å². The first-order chi connectivity index (χ1) is 6.37. The quantitative estimate of drug-likeness (QED) is 0.677. The van der Waals surface area contributed by atoms with Crippen molar-refractivity contribution in [1.29, 1.82) is 0 Å². The molecule has 2 rings (SSSR count). The highest BCUT2D eigenvalue weighted by Gasteiger charge is 2.63. The normalized spacial score (nSPS) is 34.7. The third kappa shape index (κ3) is 1.03. The highest BCUT2D eigenvalue weighted by Crippen LogP contribution is 2.46. The molecule has 2 saturated heterocycles. The number of fused-ring (bicyclic) bond motifs is 1. The summed E-state index contributed by atoms with van der Waals surface area (Å²) in [6.07, 6.45) is -0.694. The number of hydrogen-bond acceptors (Lipinski definition) is 2. The van der Waals surface area contributed by atoms with Crippen molar-refractivity contribution in [3.63, 3.8) is 0 Å². The van der Waals surface area contributed by atoms with Crippen molar-refractivity contribution >= 4 is 11.9 Å². The van der Waals surface area contributed by atoms with E-state index in [1.807, 2.05) is 0 Å². The Morgan fingerprint density at radius 3 is 2.64 bits per heavy atom. The highest BCUT2D eigenvalue weighted by atomic mass is 19.3. The van der Waals surface area contributed by atoms with Crippen molar-refractivity contribution in [2.75, 3.05) is 6.54 Å². The van der Waals surface area contributed by atoms with E-state index in [-0.39, 0.29) is 12.8 Å². The van der Waals surface area contributed by atoms with Crippen molar-refractivity contribution in [3.8, 4) is 0 Å². The number of carbonyl (C=O) groups is 2. The van der Waals surface area contributed by atoms with Crippen LogP contribution in [0.4, 0.5) is 8.78 Å². The largest absolute Gasteiger partial charge is 0.479 e. The number of rotatable bonds is 1. The molecule has 0 unspecified atom stereocenters. The fourth-order valence-corrected chi connectivity index (χ4v) is 2.26. The van der Waals surface area contributed by atoms with Gasteiger partial charge in [-0.05, 0) is 6.42 Å². The second-order valence-corrected chi connectivity index (χ2v) is 3.85. The molecule has 78 valence electrons. The summed E-state index contributed by atoms with van der Waals surface area (Å²) in [5.41, 5.74) is -1.64. The molecule has 0 bridgehead atoms. The Balaban J connectivity index is 2.39. The molecule has 0 aromatic rings. The standard InChI is InChI=1S/C8H9F2NO3/c9-8(10)3-7(6(13)14)2-1-5(12)11(7)4-8/h1-4H2,(H,13,14)/t7-/m1/s1. The first kappa shape index (κ1) is 9.36. The monoisotopic (exact) mass is 205 g/mol. The fourth-order valence-electron chi connectivity index (χ4n) is 2.26. The maximum atomic E-state index is 13.0. The second kappa shape index (κ2) is 2.43. The minimum absolute atomic E-state index is 0.00322. The molecule has 0 radical (unpaired) electrons. The van der Waals surface area contributed by atoms with Crippen LogP contribution in [0.1, 0.15) is 19.3 Å². The van der Waals surface area contributed by atoms with Crippen LogP contribution < -0.4 is 0 Å². The molecule has 0 spiro atoms. The molecule has 1 atom stereocenters. The molecular weight excluding hydrogens is 196 g/mol. The Labute approximate surface area is 78.5 Å². The molecule has 2 aliphatic heterocycles. The van der Waals surface area contributed by atoms with Crippen LogP contribution in [0.25, 0.3) is 0 Å². The lowest BCUT2D eigenvalue weighted by Crippen LogP contribution is -2.47. The van der Waals surface area contributed by atoms with Crippen LogP contribution in [0.5, 0.6) is 0 Å². The number of hydrogen-bond donors (Lipinski definition) is 1. The van der Waals surface area contributed by atoms with E-state index in [2.05, 4.69) is 0 Å². The molecule has 2 fully saturated rings. The summed E-state index contributed by atoms with van der Waals surface area (Å²) in [5.74, 6) is -4.86. The zero-order chi connectivity index (χ0) is 10.6. The second-order valence-electron chi connectivity index (χ2n) is 3.85. The van der Waals surface area contributed by atoms with Gasteiger partial charge in [0.1, 0.15) is 5.54 Å². The van der Waals surface area contributed by atoms with Gasteiger partial charge in [-0.3, -0.25) is 4.79 Å². The Bertz CT molecular complexity index is 318. The maximum Gasteiger partial charge on any atom is 0.329 e.